The van der Waals surface area contributed by atoms with E-state index in [0.717, 1.165) is 17.0 Å². The van der Waals surface area contributed by atoms with E-state index in [1.54, 1.807) is 0 Å². The lowest BCUT2D eigenvalue weighted by Crippen LogP contribution is -2.37. The second-order valence-corrected chi connectivity index (χ2v) is 4.72. The van der Waals surface area contributed by atoms with Gasteiger partial charge in [-0.25, -0.2) is 0 Å². The molecule has 0 radical (unpaired) electrons. The molecule has 1 atom stereocenters. The highest BCUT2D eigenvalue weighted by Crippen LogP contribution is 2.29. The number of anilines is 1. The molecule has 0 saturated carbocycles. The standard InChI is InChI=1S/C16H15NO2/c1-11-5-4-6-12(9-11)16(18)15-10-17-13-7-2-3-8-14(13)19-15/h2-9,15,17H,10H2,1H3. The molecule has 0 aromatic heterocycles. The van der Waals surface area contributed by atoms with Gasteiger partial charge in [0.05, 0.1) is 12.2 Å². The van der Waals surface area contributed by atoms with Gasteiger partial charge in [-0.05, 0) is 25.1 Å². The van der Waals surface area contributed by atoms with Gasteiger partial charge in [0.1, 0.15) is 5.75 Å². The van der Waals surface area contributed by atoms with Gasteiger partial charge in [-0.2, -0.15) is 0 Å². The number of ether oxygens (including phenoxy) is 1. The first-order valence-electron chi connectivity index (χ1n) is 6.34. The molecule has 1 heterocycles. The van der Waals surface area contributed by atoms with Crippen molar-refractivity contribution < 1.29 is 9.53 Å². The van der Waals surface area contributed by atoms with Gasteiger partial charge >= 0.3 is 0 Å². The fourth-order valence-corrected chi connectivity index (χ4v) is 2.24. The molecule has 96 valence electrons. The van der Waals surface area contributed by atoms with Gasteiger partial charge in [0.25, 0.3) is 0 Å². The van der Waals surface area contributed by atoms with E-state index in [-0.39, 0.29) is 5.78 Å². The van der Waals surface area contributed by atoms with Gasteiger partial charge < -0.3 is 10.1 Å². The zero-order chi connectivity index (χ0) is 13.2. The van der Waals surface area contributed by atoms with E-state index in [4.69, 9.17) is 4.74 Å². The van der Waals surface area contributed by atoms with Crippen LogP contribution >= 0.6 is 0 Å². The third-order valence-electron chi connectivity index (χ3n) is 3.23. The maximum absolute atomic E-state index is 12.4. The van der Waals surface area contributed by atoms with E-state index >= 15 is 0 Å². The highest BCUT2D eigenvalue weighted by Gasteiger charge is 2.26. The summed E-state index contributed by atoms with van der Waals surface area (Å²) >= 11 is 0. The second kappa shape index (κ2) is 4.76. The van der Waals surface area contributed by atoms with Crippen LogP contribution in [0.4, 0.5) is 5.69 Å². The molecule has 0 amide bonds. The van der Waals surface area contributed by atoms with Crippen molar-refractivity contribution in [3.63, 3.8) is 0 Å². The Morgan fingerprint density at radius 2 is 2.05 bits per heavy atom. The van der Waals surface area contributed by atoms with Crippen LogP contribution < -0.4 is 10.1 Å². The highest BCUT2D eigenvalue weighted by molar-refractivity contribution is 6.00. The number of fused-ring (bicyclic) bond motifs is 1. The maximum atomic E-state index is 12.4. The predicted octanol–water partition coefficient (Wildman–Crippen LogP) is 3.05. The molecule has 2 aromatic rings. The molecule has 3 nitrogen and oxygen atoms in total. The number of hydrogen-bond donors (Lipinski definition) is 1. The third kappa shape index (κ3) is 2.32. The Morgan fingerprint density at radius 1 is 1.21 bits per heavy atom. The Bertz CT molecular complexity index is 622. The van der Waals surface area contributed by atoms with Crippen molar-refractivity contribution in [1.82, 2.24) is 0 Å². The molecule has 1 aliphatic rings. The molecular weight excluding hydrogens is 238 g/mol. The molecular formula is C16H15NO2. The number of nitrogens with one attached hydrogen (secondary N) is 1. The Balaban J connectivity index is 1.83. The quantitative estimate of drug-likeness (QED) is 0.836. The fraction of sp³-hybridized carbons (Fsp3) is 0.188. The number of benzene rings is 2. The number of Topliss-reactive ketones (excluding diaryl/α,β-unsaturated/α-hetero) is 1. The first-order valence-corrected chi connectivity index (χ1v) is 6.34. The average molecular weight is 253 g/mol. The summed E-state index contributed by atoms with van der Waals surface area (Å²) < 4.78 is 5.78. The summed E-state index contributed by atoms with van der Waals surface area (Å²) in [5.74, 6) is 0.755. The zero-order valence-corrected chi connectivity index (χ0v) is 10.7. The van der Waals surface area contributed by atoms with Gasteiger partial charge in [-0.15, -0.1) is 0 Å². The van der Waals surface area contributed by atoms with Crippen LogP contribution in [0.1, 0.15) is 15.9 Å². The largest absolute Gasteiger partial charge is 0.478 e. The van der Waals surface area contributed by atoms with Crippen LogP contribution in [-0.2, 0) is 0 Å². The van der Waals surface area contributed by atoms with Crippen LogP contribution in [0.3, 0.4) is 0 Å². The number of rotatable bonds is 2. The Kier molecular flexibility index (Phi) is 2.95. The van der Waals surface area contributed by atoms with E-state index in [9.17, 15) is 4.79 Å². The number of ketones is 1. The average Bonchev–Trinajstić information content (AvgIpc) is 2.46. The summed E-state index contributed by atoms with van der Waals surface area (Å²) in [4.78, 5) is 12.4. The van der Waals surface area contributed by atoms with Crippen molar-refractivity contribution in [3.05, 3.63) is 59.7 Å². The van der Waals surface area contributed by atoms with Crippen molar-refractivity contribution in [1.29, 1.82) is 0 Å². The molecule has 2 aromatic carbocycles. The van der Waals surface area contributed by atoms with E-state index in [2.05, 4.69) is 5.32 Å². The van der Waals surface area contributed by atoms with Crippen molar-refractivity contribution in [2.45, 2.75) is 13.0 Å². The van der Waals surface area contributed by atoms with Crippen molar-refractivity contribution in [2.24, 2.45) is 0 Å². The van der Waals surface area contributed by atoms with E-state index in [1.807, 2.05) is 55.5 Å². The SMILES string of the molecule is Cc1cccc(C(=O)C2CNc3ccccc3O2)c1. The molecule has 0 saturated heterocycles. The lowest BCUT2D eigenvalue weighted by molar-refractivity contribution is 0.0801. The number of aryl methyl sites for hydroxylation is 1. The van der Waals surface area contributed by atoms with Crippen LogP contribution in [0.5, 0.6) is 5.75 Å². The van der Waals surface area contributed by atoms with E-state index in [1.165, 1.54) is 0 Å². The van der Waals surface area contributed by atoms with Crippen molar-refractivity contribution in [3.8, 4) is 5.75 Å². The minimum Gasteiger partial charge on any atom is -0.478 e. The third-order valence-corrected chi connectivity index (χ3v) is 3.23. The van der Waals surface area contributed by atoms with Crippen LogP contribution in [0.2, 0.25) is 0 Å². The molecule has 1 N–H and O–H groups in total. The Labute approximate surface area is 112 Å². The maximum Gasteiger partial charge on any atom is 0.205 e. The van der Waals surface area contributed by atoms with Gasteiger partial charge in [-0.3, -0.25) is 4.79 Å². The Hall–Kier alpha value is -2.29. The normalized spacial score (nSPS) is 17.0. The first-order chi connectivity index (χ1) is 9.24. The molecule has 1 unspecified atom stereocenters. The lowest BCUT2D eigenvalue weighted by atomic mass is 10.0. The first kappa shape index (κ1) is 11.8. The van der Waals surface area contributed by atoms with Gasteiger partial charge in [-0.1, -0.05) is 35.9 Å². The topological polar surface area (TPSA) is 38.3 Å². The van der Waals surface area contributed by atoms with Crippen LogP contribution in [0, 0.1) is 6.92 Å². The van der Waals surface area contributed by atoms with Crippen molar-refractivity contribution >= 4 is 11.5 Å². The van der Waals surface area contributed by atoms with Gasteiger partial charge in [0.15, 0.2) is 6.10 Å². The Morgan fingerprint density at radius 3 is 2.89 bits per heavy atom. The summed E-state index contributed by atoms with van der Waals surface area (Å²) in [6, 6.07) is 15.3. The summed E-state index contributed by atoms with van der Waals surface area (Å²) in [6.07, 6.45) is -0.461. The molecule has 0 aliphatic carbocycles. The summed E-state index contributed by atoms with van der Waals surface area (Å²) in [5, 5.41) is 3.23. The monoisotopic (exact) mass is 253 g/mol. The number of para-hydroxylation sites is 2. The highest BCUT2D eigenvalue weighted by atomic mass is 16.5. The number of carbonyl (C=O) groups is 1. The molecule has 3 heteroatoms. The summed E-state index contributed by atoms with van der Waals surface area (Å²) in [5.41, 5.74) is 2.72. The van der Waals surface area contributed by atoms with Crippen LogP contribution in [0.15, 0.2) is 48.5 Å². The molecule has 0 bridgehead atoms. The van der Waals surface area contributed by atoms with Crippen LogP contribution in [0.25, 0.3) is 0 Å². The number of carbonyl (C=O) groups excluding carboxylic acids is 1. The van der Waals surface area contributed by atoms with Gasteiger partial charge in [0.2, 0.25) is 5.78 Å². The number of hydrogen-bond acceptors (Lipinski definition) is 3. The molecule has 0 spiro atoms. The molecule has 0 fully saturated rings. The minimum atomic E-state index is -0.461. The lowest BCUT2D eigenvalue weighted by Gasteiger charge is -2.26. The van der Waals surface area contributed by atoms with E-state index < -0.39 is 6.10 Å². The molecule has 19 heavy (non-hydrogen) atoms. The molecule has 3 rings (SSSR count). The predicted molar refractivity (Wildman–Crippen MR) is 74.9 cm³/mol. The zero-order valence-electron chi connectivity index (χ0n) is 10.7. The van der Waals surface area contributed by atoms with Gasteiger partial charge in [0, 0.05) is 5.56 Å². The van der Waals surface area contributed by atoms with Crippen molar-refractivity contribution in [2.75, 3.05) is 11.9 Å². The smallest absolute Gasteiger partial charge is 0.205 e. The fourth-order valence-electron chi connectivity index (χ4n) is 2.24. The second-order valence-electron chi connectivity index (χ2n) is 4.72. The summed E-state index contributed by atoms with van der Waals surface area (Å²) in [6.45, 7) is 2.48. The minimum absolute atomic E-state index is 0.0192. The molecule has 1 aliphatic heterocycles. The van der Waals surface area contributed by atoms with E-state index in [0.29, 0.717) is 12.1 Å². The van der Waals surface area contributed by atoms with Crippen LogP contribution in [-0.4, -0.2) is 18.4 Å². The summed E-state index contributed by atoms with van der Waals surface area (Å²) in [7, 11) is 0.